The van der Waals surface area contributed by atoms with Crippen molar-refractivity contribution in [2.75, 3.05) is 13.2 Å². The summed E-state index contributed by atoms with van der Waals surface area (Å²) in [6.45, 7) is 1.26. The third-order valence-corrected chi connectivity index (χ3v) is 5.38. The third kappa shape index (κ3) is 4.42. The van der Waals surface area contributed by atoms with Crippen LogP contribution in [-0.4, -0.2) is 44.4 Å². The first-order valence-electron chi connectivity index (χ1n) is 9.66. The summed E-state index contributed by atoms with van der Waals surface area (Å²) in [5.41, 5.74) is 7.31. The van der Waals surface area contributed by atoms with E-state index >= 15 is 0 Å². The minimum Gasteiger partial charge on any atom is -0.381 e. The molecule has 0 atom stereocenters. The van der Waals surface area contributed by atoms with E-state index in [1.165, 1.54) is 18.3 Å². The second-order valence-corrected chi connectivity index (χ2v) is 7.52. The molecular weight excluding hydrogens is 423 g/mol. The molecule has 2 aromatic heterocycles. The standard InChI is InChI=1S/C21H20ClFN6O2/c22-14-9-12(1-2-15(14)23)19-20(29(11-27-19)13-5-7-31-8-6-13)16(24)3-4-18-26-10-17(28-18)21(25)30/h1-4,9-11,13,24H,5-8H2,(H2,25,30)(H,26,28)/b4-3-,24-16?. The summed E-state index contributed by atoms with van der Waals surface area (Å²) in [6, 6.07) is 4.49. The predicted octanol–water partition coefficient (Wildman–Crippen LogP) is 3.60. The van der Waals surface area contributed by atoms with E-state index in [0.717, 1.165) is 12.8 Å². The number of nitrogens with zero attached hydrogens (tertiary/aromatic N) is 3. The molecule has 3 heterocycles. The van der Waals surface area contributed by atoms with E-state index in [1.807, 2.05) is 4.57 Å². The summed E-state index contributed by atoms with van der Waals surface area (Å²) < 4.78 is 21.1. The predicted molar refractivity (Wildman–Crippen MR) is 115 cm³/mol. The fourth-order valence-corrected chi connectivity index (χ4v) is 3.69. The molecule has 1 aliphatic heterocycles. The molecule has 1 amide bonds. The third-order valence-electron chi connectivity index (χ3n) is 5.09. The molecule has 4 N–H and O–H groups in total. The fourth-order valence-electron chi connectivity index (χ4n) is 3.51. The van der Waals surface area contributed by atoms with E-state index in [4.69, 9.17) is 27.5 Å². The topological polar surface area (TPSA) is 123 Å². The summed E-state index contributed by atoms with van der Waals surface area (Å²) >= 11 is 5.98. The quantitative estimate of drug-likeness (QED) is 0.504. The average Bonchev–Trinajstić information content (AvgIpc) is 3.42. The number of ether oxygens (including phenoxy) is 1. The van der Waals surface area contributed by atoms with Crippen molar-refractivity contribution >= 4 is 29.3 Å². The number of imidazole rings is 2. The number of aromatic amines is 1. The van der Waals surface area contributed by atoms with Crippen molar-refractivity contribution in [3.63, 3.8) is 0 Å². The molecule has 31 heavy (non-hydrogen) atoms. The summed E-state index contributed by atoms with van der Waals surface area (Å²) in [6.07, 6.45) is 7.76. The van der Waals surface area contributed by atoms with Gasteiger partial charge in [-0.15, -0.1) is 0 Å². The maximum atomic E-state index is 13.7. The van der Waals surface area contributed by atoms with E-state index in [1.54, 1.807) is 24.5 Å². The van der Waals surface area contributed by atoms with Crippen LogP contribution in [0.2, 0.25) is 5.02 Å². The van der Waals surface area contributed by atoms with Gasteiger partial charge in [-0.25, -0.2) is 14.4 Å². The van der Waals surface area contributed by atoms with Crippen LogP contribution in [-0.2, 0) is 4.74 Å². The average molecular weight is 443 g/mol. The zero-order chi connectivity index (χ0) is 22.0. The molecule has 0 radical (unpaired) electrons. The number of benzene rings is 1. The summed E-state index contributed by atoms with van der Waals surface area (Å²) in [5.74, 6) is -0.744. The highest BCUT2D eigenvalue weighted by Crippen LogP contribution is 2.31. The first-order chi connectivity index (χ1) is 14.9. The van der Waals surface area contributed by atoms with Crippen LogP contribution >= 0.6 is 11.6 Å². The highest BCUT2D eigenvalue weighted by Gasteiger charge is 2.23. The first-order valence-corrected chi connectivity index (χ1v) is 10.0. The van der Waals surface area contributed by atoms with Crippen LogP contribution in [0.1, 0.15) is 40.9 Å². The van der Waals surface area contributed by atoms with Crippen molar-refractivity contribution < 1.29 is 13.9 Å². The van der Waals surface area contributed by atoms with E-state index in [9.17, 15) is 9.18 Å². The molecule has 3 aromatic rings. The molecule has 1 saturated heterocycles. The van der Waals surface area contributed by atoms with Crippen LogP contribution in [0.25, 0.3) is 17.3 Å². The number of aromatic nitrogens is 4. The second kappa shape index (κ2) is 8.83. The summed E-state index contributed by atoms with van der Waals surface area (Å²) in [5, 5.41) is 8.70. The summed E-state index contributed by atoms with van der Waals surface area (Å²) in [7, 11) is 0. The number of carbonyl (C=O) groups excluding carboxylic acids is 1. The number of hydrogen-bond acceptors (Lipinski definition) is 5. The lowest BCUT2D eigenvalue weighted by molar-refractivity contribution is 0.0694. The lowest BCUT2D eigenvalue weighted by atomic mass is 10.0. The Hall–Kier alpha value is -3.30. The van der Waals surface area contributed by atoms with Gasteiger partial charge in [-0.1, -0.05) is 11.6 Å². The smallest absolute Gasteiger partial charge is 0.266 e. The van der Waals surface area contributed by atoms with Crippen molar-refractivity contribution in [2.45, 2.75) is 18.9 Å². The van der Waals surface area contributed by atoms with Crippen LogP contribution in [0.4, 0.5) is 4.39 Å². The molecule has 1 aliphatic rings. The molecule has 8 nitrogen and oxygen atoms in total. The van der Waals surface area contributed by atoms with E-state index in [0.29, 0.717) is 36.0 Å². The monoisotopic (exact) mass is 442 g/mol. The molecule has 1 fully saturated rings. The Balaban J connectivity index is 1.72. The molecule has 0 aliphatic carbocycles. The Morgan fingerprint density at radius 3 is 2.81 bits per heavy atom. The number of carbonyl (C=O) groups is 1. The molecule has 160 valence electrons. The molecule has 4 rings (SSSR count). The molecule has 0 saturated carbocycles. The Morgan fingerprint density at radius 1 is 1.35 bits per heavy atom. The van der Waals surface area contributed by atoms with Gasteiger partial charge in [0.05, 0.1) is 34.6 Å². The van der Waals surface area contributed by atoms with E-state index in [-0.39, 0.29) is 22.5 Å². The number of allylic oxidation sites excluding steroid dienone is 1. The molecular formula is C21H20ClFN6O2. The molecule has 10 heteroatoms. The van der Waals surface area contributed by atoms with Crippen LogP contribution in [0, 0.1) is 11.2 Å². The summed E-state index contributed by atoms with van der Waals surface area (Å²) in [4.78, 5) is 22.6. The number of amides is 1. The van der Waals surface area contributed by atoms with Gasteiger partial charge >= 0.3 is 0 Å². The zero-order valence-corrected chi connectivity index (χ0v) is 17.2. The molecule has 0 spiro atoms. The number of rotatable bonds is 6. The Bertz CT molecular complexity index is 1160. The highest BCUT2D eigenvalue weighted by molar-refractivity contribution is 6.31. The van der Waals surface area contributed by atoms with E-state index < -0.39 is 11.7 Å². The van der Waals surface area contributed by atoms with Crippen molar-refractivity contribution in [3.05, 3.63) is 64.9 Å². The minimum atomic E-state index is -0.615. The largest absolute Gasteiger partial charge is 0.381 e. The van der Waals surface area contributed by atoms with Gasteiger partial charge in [0.2, 0.25) is 0 Å². The minimum absolute atomic E-state index is 0.0132. The number of hydrogen-bond donors (Lipinski definition) is 3. The van der Waals surface area contributed by atoms with Gasteiger partial charge in [0.1, 0.15) is 17.3 Å². The number of primary amides is 1. The number of H-pyrrole nitrogens is 1. The van der Waals surface area contributed by atoms with Gasteiger partial charge in [-0.05, 0) is 43.2 Å². The Morgan fingerprint density at radius 2 is 2.13 bits per heavy atom. The normalized spacial score (nSPS) is 14.9. The van der Waals surface area contributed by atoms with E-state index in [2.05, 4.69) is 15.0 Å². The maximum Gasteiger partial charge on any atom is 0.266 e. The van der Waals surface area contributed by atoms with Crippen LogP contribution in [0.15, 0.2) is 36.8 Å². The number of halogens is 2. The molecule has 0 unspecified atom stereocenters. The van der Waals surface area contributed by atoms with Gasteiger partial charge in [-0.3, -0.25) is 10.2 Å². The van der Waals surface area contributed by atoms with Gasteiger partial charge < -0.3 is 20.0 Å². The van der Waals surface area contributed by atoms with Gasteiger partial charge in [-0.2, -0.15) is 0 Å². The Kier molecular flexibility index (Phi) is 5.97. The van der Waals surface area contributed by atoms with Crippen molar-refractivity contribution in [2.24, 2.45) is 5.73 Å². The highest BCUT2D eigenvalue weighted by atomic mass is 35.5. The SMILES string of the molecule is N=C(/C=C\c1ncc(C(N)=O)[nH]1)c1c(-c2ccc(F)c(Cl)c2)ncn1C1CCOCC1. The second-order valence-electron chi connectivity index (χ2n) is 7.11. The molecule has 1 aromatic carbocycles. The maximum absolute atomic E-state index is 13.7. The fraction of sp³-hybridized carbons (Fsp3) is 0.238. The van der Waals surface area contributed by atoms with Gasteiger partial charge in [0.15, 0.2) is 0 Å². The zero-order valence-electron chi connectivity index (χ0n) is 16.4. The lowest BCUT2D eigenvalue weighted by Gasteiger charge is -2.25. The van der Waals surface area contributed by atoms with Gasteiger partial charge in [0.25, 0.3) is 5.91 Å². The lowest BCUT2D eigenvalue weighted by Crippen LogP contribution is -2.22. The van der Waals surface area contributed by atoms with Crippen molar-refractivity contribution in [3.8, 4) is 11.3 Å². The van der Waals surface area contributed by atoms with Gasteiger partial charge in [0, 0.05) is 24.8 Å². The number of nitrogens with one attached hydrogen (secondary N) is 2. The van der Waals surface area contributed by atoms with Crippen molar-refractivity contribution in [1.29, 1.82) is 5.41 Å². The van der Waals surface area contributed by atoms with Crippen LogP contribution in [0.5, 0.6) is 0 Å². The van der Waals surface area contributed by atoms with Crippen molar-refractivity contribution in [1.82, 2.24) is 19.5 Å². The molecule has 0 bridgehead atoms. The van der Waals surface area contributed by atoms with Crippen LogP contribution < -0.4 is 5.73 Å². The first kappa shape index (κ1) is 21.0. The van der Waals surface area contributed by atoms with Crippen LogP contribution in [0.3, 0.4) is 0 Å². The Labute approximate surface area is 182 Å². The number of nitrogens with two attached hydrogens (primary N) is 1.